The van der Waals surface area contributed by atoms with E-state index in [4.69, 9.17) is 5.11 Å². The maximum Gasteiger partial charge on any atom is 0.230 e. The zero-order valence-electron chi connectivity index (χ0n) is 10.00. The Morgan fingerprint density at radius 3 is 3.00 bits per heavy atom. The molecule has 0 unspecified atom stereocenters. The van der Waals surface area contributed by atoms with Crippen molar-refractivity contribution in [2.45, 2.75) is 6.54 Å². The summed E-state index contributed by atoms with van der Waals surface area (Å²) in [5.41, 5.74) is 0.994. The van der Waals surface area contributed by atoms with Crippen LogP contribution in [0.1, 0.15) is 11.1 Å². The molecule has 0 aromatic heterocycles. The summed E-state index contributed by atoms with van der Waals surface area (Å²) in [6.07, 6.45) is 1.82. The summed E-state index contributed by atoms with van der Waals surface area (Å²) >= 11 is 1.41. The molecule has 5 heteroatoms. The van der Waals surface area contributed by atoms with Crippen LogP contribution in [0.2, 0.25) is 0 Å². The zero-order chi connectivity index (χ0) is 13.4. The SMILES string of the molecule is CSCC(=O)NCc1cc(C#CCO)ccc1F. The molecule has 0 aliphatic rings. The Labute approximate surface area is 110 Å². The number of aliphatic hydroxyl groups is 1. The molecule has 0 fully saturated rings. The predicted octanol–water partition coefficient (Wildman–Crippen LogP) is 1.15. The average Bonchev–Trinajstić information content (AvgIpc) is 2.36. The number of hydrogen-bond donors (Lipinski definition) is 2. The topological polar surface area (TPSA) is 49.3 Å². The maximum atomic E-state index is 13.5. The van der Waals surface area contributed by atoms with Gasteiger partial charge in [-0.2, -0.15) is 11.8 Å². The van der Waals surface area contributed by atoms with Crippen molar-refractivity contribution in [2.75, 3.05) is 18.6 Å². The quantitative estimate of drug-likeness (QED) is 0.805. The molecule has 1 aromatic carbocycles. The number of aliphatic hydroxyl groups excluding tert-OH is 1. The van der Waals surface area contributed by atoms with E-state index in [9.17, 15) is 9.18 Å². The number of carbonyl (C=O) groups is 1. The average molecular weight is 267 g/mol. The van der Waals surface area contributed by atoms with Crippen LogP contribution < -0.4 is 5.32 Å². The van der Waals surface area contributed by atoms with Gasteiger partial charge in [-0.05, 0) is 24.5 Å². The van der Waals surface area contributed by atoms with E-state index in [0.29, 0.717) is 16.9 Å². The smallest absolute Gasteiger partial charge is 0.230 e. The van der Waals surface area contributed by atoms with Gasteiger partial charge in [0.25, 0.3) is 0 Å². The van der Waals surface area contributed by atoms with E-state index in [2.05, 4.69) is 17.2 Å². The first-order valence-electron chi connectivity index (χ1n) is 5.31. The Hall–Kier alpha value is -1.51. The second-order valence-corrected chi connectivity index (χ2v) is 4.34. The van der Waals surface area contributed by atoms with Gasteiger partial charge in [-0.25, -0.2) is 4.39 Å². The second-order valence-electron chi connectivity index (χ2n) is 3.48. The number of hydrogen-bond acceptors (Lipinski definition) is 3. The molecule has 0 spiro atoms. The molecule has 0 saturated carbocycles. The van der Waals surface area contributed by atoms with Crippen molar-refractivity contribution in [1.29, 1.82) is 0 Å². The summed E-state index contributed by atoms with van der Waals surface area (Å²) < 4.78 is 13.5. The number of benzene rings is 1. The molecule has 0 atom stereocenters. The van der Waals surface area contributed by atoms with Gasteiger partial charge in [0.15, 0.2) is 0 Å². The van der Waals surface area contributed by atoms with Crippen LogP contribution in [0.25, 0.3) is 0 Å². The molecule has 0 bridgehead atoms. The lowest BCUT2D eigenvalue weighted by Crippen LogP contribution is -2.24. The molecule has 2 N–H and O–H groups in total. The van der Waals surface area contributed by atoms with Crippen molar-refractivity contribution in [3.8, 4) is 11.8 Å². The molecule has 1 aromatic rings. The normalized spacial score (nSPS) is 9.50. The molecular formula is C13H14FNO2S. The predicted molar refractivity (Wildman–Crippen MR) is 70.6 cm³/mol. The number of carbonyl (C=O) groups excluding carboxylic acids is 1. The number of halogens is 1. The molecule has 3 nitrogen and oxygen atoms in total. The van der Waals surface area contributed by atoms with Crippen molar-refractivity contribution in [1.82, 2.24) is 5.32 Å². The van der Waals surface area contributed by atoms with Crippen molar-refractivity contribution < 1.29 is 14.3 Å². The Balaban J connectivity index is 2.72. The second kappa shape index (κ2) is 7.75. The highest BCUT2D eigenvalue weighted by molar-refractivity contribution is 7.99. The van der Waals surface area contributed by atoms with Crippen molar-refractivity contribution in [3.63, 3.8) is 0 Å². The summed E-state index contributed by atoms with van der Waals surface area (Å²) in [4.78, 5) is 11.3. The lowest BCUT2D eigenvalue weighted by molar-refractivity contribution is -0.118. The van der Waals surface area contributed by atoms with E-state index in [1.54, 1.807) is 6.07 Å². The summed E-state index contributed by atoms with van der Waals surface area (Å²) in [6, 6.07) is 4.40. The van der Waals surface area contributed by atoms with Crippen molar-refractivity contribution in [3.05, 3.63) is 35.1 Å². The highest BCUT2D eigenvalue weighted by Crippen LogP contribution is 2.10. The highest BCUT2D eigenvalue weighted by Gasteiger charge is 2.05. The molecule has 0 heterocycles. The minimum absolute atomic E-state index is 0.131. The van der Waals surface area contributed by atoms with Gasteiger partial charge >= 0.3 is 0 Å². The van der Waals surface area contributed by atoms with E-state index in [0.717, 1.165) is 0 Å². The Morgan fingerprint density at radius 2 is 2.33 bits per heavy atom. The third-order valence-electron chi connectivity index (χ3n) is 2.11. The van der Waals surface area contributed by atoms with Gasteiger partial charge < -0.3 is 10.4 Å². The fourth-order valence-corrected chi connectivity index (χ4v) is 1.67. The minimum atomic E-state index is -0.381. The Kier molecular flexibility index (Phi) is 6.26. The standard InChI is InChI=1S/C13H14FNO2S/c1-18-9-13(17)15-8-11-7-10(3-2-6-16)4-5-12(11)14/h4-5,7,16H,6,8-9H2,1H3,(H,15,17). The first-order valence-corrected chi connectivity index (χ1v) is 6.70. The largest absolute Gasteiger partial charge is 0.384 e. The van der Waals surface area contributed by atoms with Gasteiger partial charge in [-0.1, -0.05) is 11.8 Å². The van der Waals surface area contributed by atoms with Gasteiger partial charge in [0, 0.05) is 17.7 Å². The van der Waals surface area contributed by atoms with Crippen LogP contribution in [0.5, 0.6) is 0 Å². The number of rotatable bonds is 4. The fraction of sp³-hybridized carbons (Fsp3) is 0.308. The number of amides is 1. The van der Waals surface area contributed by atoms with Crippen LogP contribution in [0, 0.1) is 17.7 Å². The lowest BCUT2D eigenvalue weighted by Gasteiger charge is -2.06. The molecule has 0 aliphatic heterocycles. The van der Waals surface area contributed by atoms with Crippen LogP contribution in [0.15, 0.2) is 18.2 Å². The van der Waals surface area contributed by atoms with Crippen LogP contribution in [0.3, 0.4) is 0 Å². The Morgan fingerprint density at radius 1 is 1.56 bits per heavy atom. The van der Waals surface area contributed by atoms with Gasteiger partial charge in [0.1, 0.15) is 12.4 Å². The van der Waals surface area contributed by atoms with Crippen molar-refractivity contribution in [2.24, 2.45) is 0 Å². The van der Waals surface area contributed by atoms with E-state index < -0.39 is 0 Å². The molecule has 96 valence electrons. The Bertz CT molecular complexity index is 480. The summed E-state index contributed by atoms with van der Waals surface area (Å²) in [6.45, 7) is -0.100. The van der Waals surface area contributed by atoms with Gasteiger partial charge in [-0.15, -0.1) is 0 Å². The third kappa shape index (κ3) is 4.78. The zero-order valence-corrected chi connectivity index (χ0v) is 10.8. The van der Waals surface area contributed by atoms with E-state index in [-0.39, 0.29) is 24.9 Å². The molecule has 1 amide bonds. The summed E-state index contributed by atoms with van der Waals surface area (Å²) in [7, 11) is 0. The van der Waals surface area contributed by atoms with Gasteiger partial charge in [0.2, 0.25) is 5.91 Å². The van der Waals surface area contributed by atoms with E-state index >= 15 is 0 Å². The monoisotopic (exact) mass is 267 g/mol. The van der Waals surface area contributed by atoms with Gasteiger partial charge in [-0.3, -0.25) is 4.79 Å². The first-order chi connectivity index (χ1) is 8.67. The minimum Gasteiger partial charge on any atom is -0.384 e. The maximum absolute atomic E-state index is 13.5. The third-order valence-corrected chi connectivity index (χ3v) is 2.66. The van der Waals surface area contributed by atoms with Crippen LogP contribution >= 0.6 is 11.8 Å². The van der Waals surface area contributed by atoms with Crippen LogP contribution in [0.4, 0.5) is 4.39 Å². The van der Waals surface area contributed by atoms with Gasteiger partial charge in [0.05, 0.1) is 5.75 Å². The number of thioether (sulfide) groups is 1. The molecule has 1 rings (SSSR count). The molecule has 0 radical (unpaired) electrons. The van der Waals surface area contributed by atoms with Crippen LogP contribution in [-0.2, 0) is 11.3 Å². The summed E-state index contributed by atoms with van der Waals surface area (Å²) in [5, 5.41) is 11.2. The molecule has 18 heavy (non-hydrogen) atoms. The highest BCUT2D eigenvalue weighted by atomic mass is 32.2. The van der Waals surface area contributed by atoms with E-state index in [1.165, 1.54) is 23.9 Å². The van der Waals surface area contributed by atoms with Crippen LogP contribution in [-0.4, -0.2) is 29.6 Å². The lowest BCUT2D eigenvalue weighted by atomic mass is 10.1. The summed E-state index contributed by atoms with van der Waals surface area (Å²) in [5.74, 6) is 5.02. The molecular weight excluding hydrogens is 253 g/mol. The van der Waals surface area contributed by atoms with Crippen molar-refractivity contribution >= 4 is 17.7 Å². The molecule has 0 saturated heterocycles. The van der Waals surface area contributed by atoms with E-state index in [1.807, 2.05) is 6.26 Å². The number of nitrogens with one attached hydrogen (secondary N) is 1. The fourth-order valence-electron chi connectivity index (χ4n) is 1.31. The first kappa shape index (κ1) is 14.6. The molecule has 0 aliphatic carbocycles.